The molecule has 0 aliphatic rings. The van der Waals surface area contributed by atoms with Gasteiger partial charge in [-0.15, -0.1) is 0 Å². The van der Waals surface area contributed by atoms with Crippen LogP contribution in [-0.4, -0.2) is 10.2 Å². The first-order chi connectivity index (χ1) is 19.7. The van der Waals surface area contributed by atoms with Gasteiger partial charge >= 0.3 is 0 Å². The number of hydrogen-bond acceptors (Lipinski definition) is 2. The van der Waals surface area contributed by atoms with Gasteiger partial charge in [0.1, 0.15) is 11.5 Å². The molecule has 2 nitrogen and oxygen atoms in total. The van der Waals surface area contributed by atoms with Crippen molar-refractivity contribution in [2.75, 3.05) is 0 Å². The van der Waals surface area contributed by atoms with Gasteiger partial charge in [-0.3, -0.25) is 0 Å². The van der Waals surface area contributed by atoms with Gasteiger partial charge < -0.3 is 10.2 Å². The SMILES string of the molecule is Oc1cccc(-c2cccc(O)c2P(c2ccccc2)c2ccccc2)c1P(c1ccccc1)c1ccccc1. The third kappa shape index (κ3) is 5.17. The van der Waals surface area contributed by atoms with E-state index in [0.717, 1.165) is 43.0 Å². The van der Waals surface area contributed by atoms with Gasteiger partial charge in [0.25, 0.3) is 0 Å². The summed E-state index contributed by atoms with van der Waals surface area (Å²) < 4.78 is 0. The Balaban J connectivity index is 1.64. The Morgan fingerprint density at radius 3 is 0.850 bits per heavy atom. The quantitative estimate of drug-likeness (QED) is 0.228. The zero-order valence-electron chi connectivity index (χ0n) is 21.8. The molecule has 0 atom stereocenters. The largest absolute Gasteiger partial charge is 0.507 e. The van der Waals surface area contributed by atoms with E-state index in [-0.39, 0.29) is 11.5 Å². The molecule has 40 heavy (non-hydrogen) atoms. The van der Waals surface area contributed by atoms with Crippen molar-refractivity contribution in [2.45, 2.75) is 0 Å². The fourth-order valence-electron chi connectivity index (χ4n) is 5.09. The summed E-state index contributed by atoms with van der Waals surface area (Å²) in [6, 6.07) is 53.1. The lowest BCUT2D eigenvalue weighted by Crippen LogP contribution is -2.26. The molecule has 6 rings (SSSR count). The van der Waals surface area contributed by atoms with Gasteiger partial charge in [0.05, 0.1) is 0 Å². The topological polar surface area (TPSA) is 40.5 Å². The van der Waals surface area contributed by atoms with Crippen LogP contribution in [0.1, 0.15) is 0 Å². The second-order valence-electron chi connectivity index (χ2n) is 9.36. The highest BCUT2D eigenvalue weighted by Gasteiger charge is 2.28. The maximum Gasteiger partial charge on any atom is 0.124 e. The molecule has 0 fully saturated rings. The first-order valence-electron chi connectivity index (χ1n) is 13.2. The first-order valence-corrected chi connectivity index (χ1v) is 15.9. The summed E-state index contributed by atoms with van der Waals surface area (Å²) in [4.78, 5) is 0. The highest BCUT2D eigenvalue weighted by atomic mass is 31.1. The average Bonchev–Trinajstić information content (AvgIpc) is 3.01. The van der Waals surface area contributed by atoms with Crippen LogP contribution in [0.15, 0.2) is 158 Å². The van der Waals surface area contributed by atoms with E-state index in [1.54, 1.807) is 12.1 Å². The molecule has 2 N–H and O–H groups in total. The number of benzene rings is 6. The second kappa shape index (κ2) is 11.9. The van der Waals surface area contributed by atoms with Crippen LogP contribution < -0.4 is 31.8 Å². The maximum absolute atomic E-state index is 11.5. The molecule has 6 aromatic carbocycles. The van der Waals surface area contributed by atoms with E-state index in [9.17, 15) is 10.2 Å². The zero-order valence-corrected chi connectivity index (χ0v) is 23.6. The standard InChI is InChI=1S/C36H28O2P2/c37-33-25-13-23-31(35(33)39(27-15-5-1-6-16-27)28-17-7-2-8-18-28)32-24-14-26-34(38)36(32)40(29-19-9-3-10-20-29)30-21-11-4-12-22-30/h1-26,37-38H. The molecule has 0 radical (unpaired) electrons. The maximum atomic E-state index is 11.5. The molecule has 0 aliphatic heterocycles. The van der Waals surface area contributed by atoms with Crippen LogP contribution in [0.25, 0.3) is 11.1 Å². The van der Waals surface area contributed by atoms with Crippen molar-refractivity contribution in [3.8, 4) is 22.6 Å². The molecular weight excluding hydrogens is 526 g/mol. The fourth-order valence-corrected chi connectivity index (χ4v) is 10.1. The number of aromatic hydroxyl groups is 2. The normalized spacial score (nSPS) is 11.2. The predicted octanol–water partition coefficient (Wildman–Crippen LogP) is 6.28. The van der Waals surface area contributed by atoms with Crippen LogP contribution in [0.2, 0.25) is 0 Å². The van der Waals surface area contributed by atoms with E-state index in [1.807, 2.05) is 36.4 Å². The van der Waals surface area contributed by atoms with Crippen molar-refractivity contribution in [2.24, 2.45) is 0 Å². The molecular formula is C36H28O2P2. The summed E-state index contributed by atoms with van der Waals surface area (Å²) in [7, 11) is -2.17. The number of rotatable bonds is 7. The van der Waals surface area contributed by atoms with Crippen molar-refractivity contribution in [1.82, 2.24) is 0 Å². The molecule has 0 heterocycles. The molecule has 0 spiro atoms. The summed E-state index contributed by atoms with van der Waals surface area (Å²) in [5.41, 5.74) is 1.87. The number of hydrogen-bond donors (Lipinski definition) is 2. The van der Waals surface area contributed by atoms with Gasteiger partial charge in [-0.1, -0.05) is 146 Å². The lowest BCUT2D eigenvalue weighted by Gasteiger charge is -2.27. The van der Waals surface area contributed by atoms with Crippen molar-refractivity contribution in [3.05, 3.63) is 158 Å². The minimum absolute atomic E-state index is 0.259. The molecule has 0 aromatic heterocycles. The van der Waals surface area contributed by atoms with Crippen molar-refractivity contribution in [1.29, 1.82) is 0 Å². The average molecular weight is 555 g/mol. The molecule has 6 aromatic rings. The summed E-state index contributed by atoms with van der Waals surface area (Å²) in [5.74, 6) is 0.517. The van der Waals surface area contributed by atoms with Crippen LogP contribution in [0.4, 0.5) is 0 Å². The van der Waals surface area contributed by atoms with E-state index < -0.39 is 15.8 Å². The second-order valence-corrected chi connectivity index (χ2v) is 13.7. The van der Waals surface area contributed by atoms with Crippen LogP contribution in [-0.2, 0) is 0 Å². The Morgan fingerprint density at radius 1 is 0.300 bits per heavy atom. The van der Waals surface area contributed by atoms with E-state index in [4.69, 9.17) is 0 Å². The Bertz CT molecular complexity index is 1500. The minimum Gasteiger partial charge on any atom is -0.507 e. The van der Waals surface area contributed by atoms with E-state index in [2.05, 4.69) is 109 Å². The first kappa shape index (κ1) is 26.0. The van der Waals surface area contributed by atoms with Crippen LogP contribution in [0, 0.1) is 0 Å². The number of phenols is 2. The van der Waals surface area contributed by atoms with Crippen molar-refractivity contribution in [3.63, 3.8) is 0 Å². The van der Waals surface area contributed by atoms with Gasteiger partial charge in [-0.05, 0) is 60.3 Å². The van der Waals surface area contributed by atoms with Gasteiger partial charge in [0, 0.05) is 10.6 Å². The summed E-state index contributed by atoms with van der Waals surface area (Å²) in [5, 5.41) is 29.5. The molecule has 0 saturated carbocycles. The molecule has 4 heteroatoms. The van der Waals surface area contributed by atoms with Crippen LogP contribution >= 0.6 is 15.8 Å². The Morgan fingerprint density at radius 2 is 0.575 bits per heavy atom. The van der Waals surface area contributed by atoms with Gasteiger partial charge in [0.15, 0.2) is 0 Å². The van der Waals surface area contributed by atoms with Gasteiger partial charge in [-0.2, -0.15) is 0 Å². The lowest BCUT2D eigenvalue weighted by atomic mass is 10.0. The summed E-state index contributed by atoms with van der Waals surface area (Å²) in [6.45, 7) is 0. The van der Waals surface area contributed by atoms with E-state index in [0.29, 0.717) is 0 Å². The molecule has 0 saturated heterocycles. The molecule has 194 valence electrons. The molecule has 0 bridgehead atoms. The molecule has 0 aliphatic carbocycles. The Kier molecular flexibility index (Phi) is 7.73. The fraction of sp³-hybridized carbons (Fsp3) is 0. The van der Waals surface area contributed by atoms with Crippen LogP contribution in [0.5, 0.6) is 11.5 Å². The summed E-state index contributed by atoms with van der Waals surface area (Å²) >= 11 is 0. The van der Waals surface area contributed by atoms with Crippen molar-refractivity contribution < 1.29 is 10.2 Å². The Labute approximate surface area is 237 Å². The van der Waals surface area contributed by atoms with Gasteiger partial charge in [-0.25, -0.2) is 0 Å². The predicted molar refractivity (Wildman–Crippen MR) is 173 cm³/mol. The highest BCUT2D eigenvalue weighted by molar-refractivity contribution is 7.81. The third-order valence-electron chi connectivity index (χ3n) is 6.82. The van der Waals surface area contributed by atoms with Crippen LogP contribution in [0.3, 0.4) is 0 Å². The highest BCUT2D eigenvalue weighted by Crippen LogP contribution is 2.44. The van der Waals surface area contributed by atoms with E-state index in [1.165, 1.54) is 0 Å². The summed E-state index contributed by atoms with van der Waals surface area (Å²) in [6.07, 6.45) is 0. The third-order valence-corrected chi connectivity index (χ3v) is 11.9. The lowest BCUT2D eigenvalue weighted by molar-refractivity contribution is 0.479. The van der Waals surface area contributed by atoms with Crippen molar-refractivity contribution >= 4 is 47.7 Å². The zero-order chi connectivity index (χ0) is 27.3. The minimum atomic E-state index is -1.09. The Hall–Kier alpha value is -4.22. The number of phenolic OH excluding ortho intramolecular Hbond substituents is 2. The monoisotopic (exact) mass is 554 g/mol. The van der Waals surface area contributed by atoms with Gasteiger partial charge in [0.2, 0.25) is 0 Å². The molecule has 0 amide bonds. The van der Waals surface area contributed by atoms with E-state index >= 15 is 0 Å². The smallest absolute Gasteiger partial charge is 0.124 e. The molecule has 0 unspecified atom stereocenters.